The molecule has 0 aliphatic carbocycles. The van der Waals surface area contributed by atoms with Crippen molar-refractivity contribution < 1.29 is 9.59 Å². The summed E-state index contributed by atoms with van der Waals surface area (Å²) in [5, 5.41) is 3.34. The fraction of sp³-hybridized carbons (Fsp3) is 0.692. The van der Waals surface area contributed by atoms with E-state index in [1.165, 1.54) is 17.1 Å². The molecule has 0 atom stereocenters. The molecule has 0 fully saturated rings. The highest BCUT2D eigenvalue weighted by molar-refractivity contribution is 6.12. The molecule has 1 heterocycles. The SMILES string of the molecule is CCCNCCN(C)CCCN1C(=O)C=CC1=O. The molecule has 2 amide bonds. The average Bonchev–Trinajstić information content (AvgIpc) is 2.66. The highest BCUT2D eigenvalue weighted by atomic mass is 16.2. The number of carbonyl (C=O) groups is 2. The fourth-order valence-electron chi connectivity index (χ4n) is 1.83. The van der Waals surface area contributed by atoms with Gasteiger partial charge in [0.1, 0.15) is 0 Å². The number of hydrogen-bond donors (Lipinski definition) is 1. The maximum atomic E-state index is 11.3. The van der Waals surface area contributed by atoms with Gasteiger partial charge in [0, 0.05) is 31.8 Å². The predicted octanol–water partition coefficient (Wildman–Crippen LogP) is 0.233. The monoisotopic (exact) mass is 253 g/mol. The summed E-state index contributed by atoms with van der Waals surface area (Å²) in [6, 6.07) is 0. The molecule has 18 heavy (non-hydrogen) atoms. The van der Waals surface area contributed by atoms with Gasteiger partial charge in [0.15, 0.2) is 0 Å². The molecule has 1 N–H and O–H groups in total. The third-order valence-corrected chi connectivity index (χ3v) is 2.92. The molecule has 1 rings (SSSR count). The third-order valence-electron chi connectivity index (χ3n) is 2.92. The second-order valence-corrected chi connectivity index (χ2v) is 4.57. The van der Waals surface area contributed by atoms with E-state index >= 15 is 0 Å². The van der Waals surface area contributed by atoms with Gasteiger partial charge in [-0.3, -0.25) is 14.5 Å². The Bertz CT molecular complexity index is 297. The van der Waals surface area contributed by atoms with Crippen molar-refractivity contribution in [3.8, 4) is 0 Å². The lowest BCUT2D eigenvalue weighted by atomic mass is 10.3. The summed E-state index contributed by atoms with van der Waals surface area (Å²) >= 11 is 0. The first kappa shape index (κ1) is 14.9. The normalized spacial score (nSPS) is 15.2. The zero-order valence-corrected chi connectivity index (χ0v) is 11.3. The first-order valence-electron chi connectivity index (χ1n) is 6.58. The van der Waals surface area contributed by atoms with Gasteiger partial charge in [-0.15, -0.1) is 0 Å². The van der Waals surface area contributed by atoms with E-state index in [1.807, 2.05) is 0 Å². The minimum Gasteiger partial charge on any atom is -0.315 e. The van der Waals surface area contributed by atoms with Crippen LogP contribution in [0.15, 0.2) is 12.2 Å². The summed E-state index contributed by atoms with van der Waals surface area (Å²) in [4.78, 5) is 26.1. The van der Waals surface area contributed by atoms with Crippen LogP contribution >= 0.6 is 0 Å². The topological polar surface area (TPSA) is 52.6 Å². The highest BCUT2D eigenvalue weighted by Crippen LogP contribution is 2.04. The van der Waals surface area contributed by atoms with Gasteiger partial charge < -0.3 is 10.2 Å². The summed E-state index contributed by atoms with van der Waals surface area (Å²) in [6.07, 6.45) is 4.64. The predicted molar refractivity (Wildman–Crippen MR) is 71.1 cm³/mol. The van der Waals surface area contributed by atoms with E-state index < -0.39 is 0 Å². The van der Waals surface area contributed by atoms with Crippen molar-refractivity contribution in [1.29, 1.82) is 0 Å². The molecule has 0 bridgehead atoms. The lowest BCUT2D eigenvalue weighted by Crippen LogP contribution is -2.34. The van der Waals surface area contributed by atoms with Crippen LogP contribution < -0.4 is 5.32 Å². The second kappa shape index (κ2) is 8.00. The molecule has 1 aliphatic rings. The summed E-state index contributed by atoms with van der Waals surface area (Å²) in [5.74, 6) is -0.375. The van der Waals surface area contributed by atoms with E-state index in [2.05, 4.69) is 24.2 Å². The van der Waals surface area contributed by atoms with Crippen molar-refractivity contribution in [2.45, 2.75) is 19.8 Å². The van der Waals surface area contributed by atoms with Crippen LogP contribution in [0.1, 0.15) is 19.8 Å². The van der Waals surface area contributed by atoms with E-state index in [-0.39, 0.29) is 11.8 Å². The van der Waals surface area contributed by atoms with Crippen molar-refractivity contribution in [1.82, 2.24) is 15.1 Å². The molecule has 0 saturated carbocycles. The summed E-state index contributed by atoms with van der Waals surface area (Å²) in [7, 11) is 2.06. The zero-order chi connectivity index (χ0) is 13.4. The lowest BCUT2D eigenvalue weighted by Gasteiger charge is -2.19. The number of carbonyl (C=O) groups excluding carboxylic acids is 2. The zero-order valence-electron chi connectivity index (χ0n) is 11.3. The quantitative estimate of drug-likeness (QED) is 0.472. The smallest absolute Gasteiger partial charge is 0.253 e. The minimum absolute atomic E-state index is 0.188. The van der Waals surface area contributed by atoms with Gasteiger partial charge in [0.25, 0.3) is 11.8 Å². The van der Waals surface area contributed by atoms with Crippen LogP contribution in [0.25, 0.3) is 0 Å². The number of rotatable bonds is 9. The Hall–Kier alpha value is -1.20. The van der Waals surface area contributed by atoms with Crippen molar-refractivity contribution in [2.75, 3.05) is 39.8 Å². The molecule has 1 aliphatic heterocycles. The van der Waals surface area contributed by atoms with Crippen LogP contribution in [-0.4, -0.2) is 61.4 Å². The Labute approximate surface area is 109 Å². The number of likely N-dealkylation sites (N-methyl/N-ethyl adjacent to an activating group) is 1. The van der Waals surface area contributed by atoms with Crippen molar-refractivity contribution in [2.24, 2.45) is 0 Å². The summed E-state index contributed by atoms with van der Waals surface area (Å²) in [6.45, 7) is 6.57. The van der Waals surface area contributed by atoms with E-state index in [0.717, 1.165) is 39.0 Å². The number of hydrogen-bond acceptors (Lipinski definition) is 4. The van der Waals surface area contributed by atoms with Gasteiger partial charge in [0.2, 0.25) is 0 Å². The molecular formula is C13H23N3O2. The van der Waals surface area contributed by atoms with Crippen molar-refractivity contribution >= 4 is 11.8 Å². The van der Waals surface area contributed by atoms with Gasteiger partial charge in [0.05, 0.1) is 0 Å². The summed E-state index contributed by atoms with van der Waals surface area (Å²) < 4.78 is 0. The maximum absolute atomic E-state index is 11.3. The van der Waals surface area contributed by atoms with Gasteiger partial charge in [-0.2, -0.15) is 0 Å². The molecular weight excluding hydrogens is 230 g/mol. The first-order chi connectivity index (χ1) is 8.65. The largest absolute Gasteiger partial charge is 0.315 e. The Balaban J connectivity index is 2.06. The second-order valence-electron chi connectivity index (χ2n) is 4.57. The molecule has 5 heteroatoms. The number of nitrogens with zero attached hydrogens (tertiary/aromatic N) is 2. The van der Waals surface area contributed by atoms with Crippen LogP contribution in [0.2, 0.25) is 0 Å². The maximum Gasteiger partial charge on any atom is 0.253 e. The standard InChI is InChI=1S/C13H23N3O2/c1-3-7-14-8-11-15(2)9-4-10-16-12(17)5-6-13(16)18/h5-6,14H,3-4,7-11H2,1-2H3. The molecule has 0 aromatic carbocycles. The molecule has 0 unspecified atom stereocenters. The lowest BCUT2D eigenvalue weighted by molar-refractivity contribution is -0.136. The Kier molecular flexibility index (Phi) is 6.60. The van der Waals surface area contributed by atoms with Crippen LogP contribution in [0, 0.1) is 0 Å². The van der Waals surface area contributed by atoms with E-state index in [1.54, 1.807) is 0 Å². The Morgan fingerprint density at radius 2 is 1.83 bits per heavy atom. The van der Waals surface area contributed by atoms with Gasteiger partial charge in [-0.05, 0) is 33.0 Å². The Morgan fingerprint density at radius 3 is 2.44 bits per heavy atom. The minimum atomic E-state index is -0.188. The molecule has 0 aromatic heterocycles. The van der Waals surface area contributed by atoms with Crippen LogP contribution in [-0.2, 0) is 9.59 Å². The summed E-state index contributed by atoms with van der Waals surface area (Å²) in [5.41, 5.74) is 0. The number of imide groups is 1. The molecule has 0 saturated heterocycles. The van der Waals surface area contributed by atoms with Crippen molar-refractivity contribution in [3.05, 3.63) is 12.2 Å². The third kappa shape index (κ3) is 4.98. The molecule has 5 nitrogen and oxygen atoms in total. The van der Waals surface area contributed by atoms with Crippen molar-refractivity contribution in [3.63, 3.8) is 0 Å². The van der Waals surface area contributed by atoms with Gasteiger partial charge in [-0.25, -0.2) is 0 Å². The number of nitrogens with one attached hydrogen (secondary N) is 1. The van der Waals surface area contributed by atoms with E-state index in [4.69, 9.17) is 0 Å². The van der Waals surface area contributed by atoms with Crippen LogP contribution in [0.5, 0.6) is 0 Å². The van der Waals surface area contributed by atoms with Crippen LogP contribution in [0.3, 0.4) is 0 Å². The molecule has 102 valence electrons. The number of amides is 2. The first-order valence-corrected chi connectivity index (χ1v) is 6.58. The Morgan fingerprint density at radius 1 is 1.17 bits per heavy atom. The highest BCUT2D eigenvalue weighted by Gasteiger charge is 2.22. The molecule has 0 aromatic rings. The molecule has 0 radical (unpaired) electrons. The van der Waals surface area contributed by atoms with E-state index in [0.29, 0.717) is 6.54 Å². The fourth-order valence-corrected chi connectivity index (χ4v) is 1.83. The van der Waals surface area contributed by atoms with Gasteiger partial charge >= 0.3 is 0 Å². The van der Waals surface area contributed by atoms with Gasteiger partial charge in [-0.1, -0.05) is 6.92 Å². The average molecular weight is 253 g/mol. The van der Waals surface area contributed by atoms with Crippen LogP contribution in [0.4, 0.5) is 0 Å². The molecule has 0 spiro atoms. The van der Waals surface area contributed by atoms with E-state index in [9.17, 15) is 9.59 Å².